The fraction of sp³-hybridized carbons (Fsp3) is 0.556. The van der Waals surface area contributed by atoms with Crippen molar-refractivity contribution in [2.75, 3.05) is 43.1 Å². The zero-order chi connectivity index (χ0) is 26.7. The number of ether oxygens (including phenoxy) is 2. The molecule has 2 N–H and O–H groups in total. The summed E-state index contributed by atoms with van der Waals surface area (Å²) in [5.41, 5.74) is 2.83. The number of anilines is 2. The van der Waals surface area contributed by atoms with E-state index in [0.29, 0.717) is 44.2 Å². The Bertz CT molecular complexity index is 1130. The summed E-state index contributed by atoms with van der Waals surface area (Å²) in [6.07, 6.45) is 0.307. The number of nitrogens with zero attached hydrogens (tertiary/aromatic N) is 4. The zero-order valence-corrected chi connectivity index (χ0v) is 22.6. The van der Waals surface area contributed by atoms with Crippen molar-refractivity contribution < 1.29 is 19.1 Å². The van der Waals surface area contributed by atoms with Crippen LogP contribution in [0, 0.1) is 0 Å². The van der Waals surface area contributed by atoms with Gasteiger partial charge in [-0.25, -0.2) is 19.6 Å². The van der Waals surface area contributed by atoms with Gasteiger partial charge in [0.25, 0.3) is 0 Å². The van der Waals surface area contributed by atoms with Crippen LogP contribution < -0.4 is 15.5 Å². The minimum absolute atomic E-state index is 0.170. The molecule has 4 rings (SSSR count). The van der Waals surface area contributed by atoms with Crippen molar-refractivity contribution >= 4 is 23.6 Å². The number of aromatic nitrogens is 2. The summed E-state index contributed by atoms with van der Waals surface area (Å²) >= 11 is 0. The summed E-state index contributed by atoms with van der Waals surface area (Å²) < 4.78 is 11.4. The number of morpholine rings is 1. The van der Waals surface area contributed by atoms with Gasteiger partial charge in [-0.05, 0) is 72.2 Å². The van der Waals surface area contributed by atoms with Gasteiger partial charge < -0.3 is 25.0 Å². The molecule has 0 bridgehead atoms. The third-order valence-electron chi connectivity index (χ3n) is 6.49. The molecule has 3 amide bonds. The summed E-state index contributed by atoms with van der Waals surface area (Å²) in [6.45, 7) is 14.7. The van der Waals surface area contributed by atoms with Crippen molar-refractivity contribution in [1.82, 2.24) is 20.2 Å². The van der Waals surface area contributed by atoms with Gasteiger partial charge in [-0.2, -0.15) is 0 Å². The standard InChI is InChI=1S/C27H38N6O4/c1-7-28-25(34)29-20-10-8-19(9-11-20)23-30-22-18(3)33(26(35)37-27(4,5)6)13-12-21(22)24(31-23)32-14-15-36-16-17(32)2/h8-11,17-18H,7,12-16H2,1-6H3,(H2,28,29,34)/t17?,18-/m0/s1. The highest BCUT2D eigenvalue weighted by Gasteiger charge is 2.36. The normalized spacial score (nSPS) is 19.7. The maximum Gasteiger partial charge on any atom is 0.410 e. The van der Waals surface area contributed by atoms with E-state index in [1.165, 1.54) is 0 Å². The van der Waals surface area contributed by atoms with Gasteiger partial charge in [0.2, 0.25) is 0 Å². The van der Waals surface area contributed by atoms with E-state index in [1.807, 2.05) is 58.9 Å². The Morgan fingerprint density at radius 1 is 1.14 bits per heavy atom. The molecule has 2 atom stereocenters. The minimum Gasteiger partial charge on any atom is -0.444 e. The number of fused-ring (bicyclic) bond motifs is 1. The number of nitrogens with one attached hydrogen (secondary N) is 2. The van der Waals surface area contributed by atoms with Crippen LogP contribution in [0.25, 0.3) is 11.4 Å². The van der Waals surface area contributed by atoms with Crippen molar-refractivity contribution in [3.05, 3.63) is 35.5 Å². The highest BCUT2D eigenvalue weighted by Crippen LogP contribution is 2.37. The van der Waals surface area contributed by atoms with E-state index in [1.54, 1.807) is 4.90 Å². The highest BCUT2D eigenvalue weighted by molar-refractivity contribution is 5.89. The molecule has 37 heavy (non-hydrogen) atoms. The van der Waals surface area contributed by atoms with E-state index < -0.39 is 5.60 Å². The van der Waals surface area contributed by atoms with Crippen LogP contribution in [-0.4, -0.2) is 71.5 Å². The summed E-state index contributed by atoms with van der Waals surface area (Å²) in [7, 11) is 0. The van der Waals surface area contributed by atoms with Gasteiger partial charge in [0.15, 0.2) is 5.82 Å². The number of amides is 3. The molecule has 2 aromatic rings. The Hall–Kier alpha value is -3.40. The Balaban J connectivity index is 1.71. The number of rotatable bonds is 4. The van der Waals surface area contributed by atoms with E-state index >= 15 is 0 Å². The fourth-order valence-corrected chi connectivity index (χ4v) is 4.66. The summed E-state index contributed by atoms with van der Waals surface area (Å²) in [4.78, 5) is 38.9. The van der Waals surface area contributed by atoms with Crippen LogP contribution in [0.5, 0.6) is 0 Å². The summed E-state index contributed by atoms with van der Waals surface area (Å²) in [6, 6.07) is 7.11. The van der Waals surface area contributed by atoms with Crippen molar-refractivity contribution in [1.29, 1.82) is 0 Å². The van der Waals surface area contributed by atoms with Gasteiger partial charge in [0, 0.05) is 36.4 Å². The molecular formula is C27H38N6O4. The second kappa shape index (κ2) is 10.9. The molecule has 10 nitrogen and oxygen atoms in total. The molecule has 1 aromatic carbocycles. The SMILES string of the molecule is CCNC(=O)Nc1ccc(-c2nc3c(c(N4CCOCC4C)n2)CCN(C(=O)OC(C)(C)C)[C@H]3C)cc1. The van der Waals surface area contributed by atoms with E-state index in [2.05, 4.69) is 22.5 Å². The van der Waals surface area contributed by atoms with E-state index in [0.717, 1.165) is 29.2 Å². The molecular weight excluding hydrogens is 472 g/mol. The van der Waals surface area contributed by atoms with Crippen molar-refractivity contribution in [3.8, 4) is 11.4 Å². The molecule has 1 saturated heterocycles. The number of hydrogen-bond donors (Lipinski definition) is 2. The van der Waals surface area contributed by atoms with Crippen LogP contribution in [0.15, 0.2) is 24.3 Å². The number of hydrogen-bond acceptors (Lipinski definition) is 7. The number of benzene rings is 1. The summed E-state index contributed by atoms with van der Waals surface area (Å²) in [5.74, 6) is 1.48. The lowest BCUT2D eigenvalue weighted by molar-refractivity contribution is 0.0154. The van der Waals surface area contributed by atoms with Gasteiger partial charge in [-0.3, -0.25) is 4.90 Å². The minimum atomic E-state index is -0.577. The first-order valence-corrected chi connectivity index (χ1v) is 13.0. The van der Waals surface area contributed by atoms with Gasteiger partial charge in [0.05, 0.1) is 31.0 Å². The molecule has 0 radical (unpaired) electrons. The van der Waals surface area contributed by atoms with Crippen LogP contribution in [0.2, 0.25) is 0 Å². The Morgan fingerprint density at radius 3 is 2.51 bits per heavy atom. The topological polar surface area (TPSA) is 109 Å². The third kappa shape index (κ3) is 6.12. The van der Waals surface area contributed by atoms with E-state index in [9.17, 15) is 9.59 Å². The van der Waals surface area contributed by atoms with Crippen molar-refractivity contribution in [3.63, 3.8) is 0 Å². The molecule has 2 aliphatic heterocycles. The van der Waals surface area contributed by atoms with Crippen LogP contribution in [0.1, 0.15) is 58.8 Å². The average molecular weight is 511 g/mol. The molecule has 1 unspecified atom stereocenters. The lowest BCUT2D eigenvalue weighted by Gasteiger charge is -2.40. The zero-order valence-electron chi connectivity index (χ0n) is 22.6. The van der Waals surface area contributed by atoms with E-state index in [4.69, 9.17) is 19.4 Å². The Morgan fingerprint density at radius 2 is 1.86 bits per heavy atom. The molecule has 200 valence electrons. The molecule has 1 aromatic heterocycles. The number of urea groups is 1. The smallest absolute Gasteiger partial charge is 0.410 e. The van der Waals surface area contributed by atoms with Crippen LogP contribution >= 0.6 is 0 Å². The highest BCUT2D eigenvalue weighted by atomic mass is 16.6. The Kier molecular flexibility index (Phi) is 7.87. The first-order valence-electron chi connectivity index (χ1n) is 13.0. The van der Waals surface area contributed by atoms with Crippen LogP contribution in [-0.2, 0) is 15.9 Å². The van der Waals surface area contributed by atoms with Gasteiger partial charge >= 0.3 is 12.1 Å². The second-order valence-corrected chi connectivity index (χ2v) is 10.5. The lowest BCUT2D eigenvalue weighted by Crippen LogP contribution is -2.46. The molecule has 3 heterocycles. The van der Waals surface area contributed by atoms with Gasteiger partial charge in [-0.1, -0.05) is 0 Å². The maximum absolute atomic E-state index is 13.0. The number of carbonyl (C=O) groups excluding carboxylic acids is 2. The van der Waals surface area contributed by atoms with Gasteiger partial charge in [0.1, 0.15) is 11.4 Å². The first-order chi connectivity index (χ1) is 17.6. The molecule has 0 saturated carbocycles. The molecule has 10 heteroatoms. The predicted molar refractivity (Wildman–Crippen MR) is 143 cm³/mol. The predicted octanol–water partition coefficient (Wildman–Crippen LogP) is 4.36. The van der Waals surface area contributed by atoms with Crippen molar-refractivity contribution in [2.24, 2.45) is 0 Å². The molecule has 0 spiro atoms. The van der Waals surface area contributed by atoms with Crippen LogP contribution in [0.3, 0.4) is 0 Å². The number of carbonyl (C=O) groups is 2. The Labute approximate surface area is 218 Å². The fourth-order valence-electron chi connectivity index (χ4n) is 4.66. The molecule has 1 fully saturated rings. The average Bonchev–Trinajstić information content (AvgIpc) is 2.84. The maximum atomic E-state index is 13.0. The molecule has 0 aliphatic carbocycles. The third-order valence-corrected chi connectivity index (χ3v) is 6.49. The van der Waals surface area contributed by atoms with E-state index in [-0.39, 0.29) is 24.2 Å². The van der Waals surface area contributed by atoms with Crippen molar-refractivity contribution in [2.45, 2.75) is 65.6 Å². The quantitative estimate of drug-likeness (QED) is 0.629. The second-order valence-electron chi connectivity index (χ2n) is 10.5. The lowest BCUT2D eigenvalue weighted by atomic mass is 9.98. The van der Waals surface area contributed by atoms with Gasteiger partial charge in [-0.15, -0.1) is 0 Å². The monoisotopic (exact) mass is 510 g/mol. The van der Waals surface area contributed by atoms with Crippen LogP contribution in [0.4, 0.5) is 21.1 Å². The largest absolute Gasteiger partial charge is 0.444 e. The first kappa shape index (κ1) is 26.7. The summed E-state index contributed by atoms with van der Waals surface area (Å²) in [5, 5.41) is 5.53. The molecule has 2 aliphatic rings.